The van der Waals surface area contributed by atoms with Crippen molar-refractivity contribution >= 4 is 29.7 Å². The number of sulfonamides is 1. The van der Waals surface area contributed by atoms with Crippen molar-refractivity contribution in [2.75, 3.05) is 30.1 Å². The molecule has 1 aromatic rings. The van der Waals surface area contributed by atoms with Crippen LogP contribution in [-0.4, -0.2) is 71.8 Å². The van der Waals surface area contributed by atoms with Crippen molar-refractivity contribution < 1.29 is 30.0 Å². The van der Waals surface area contributed by atoms with E-state index >= 15 is 0 Å². The largest absolute Gasteiger partial charge is 0.495 e. The second-order valence-corrected chi connectivity index (χ2v) is 13.4. The highest BCUT2D eigenvalue weighted by atomic mass is 32.2. The summed E-state index contributed by atoms with van der Waals surface area (Å²) >= 11 is 0. The van der Waals surface area contributed by atoms with E-state index < -0.39 is 41.8 Å². The van der Waals surface area contributed by atoms with Crippen LogP contribution in [0.5, 0.6) is 5.75 Å². The van der Waals surface area contributed by atoms with Crippen LogP contribution in [0.1, 0.15) is 18.4 Å². The molecular formula is C16H23NO7S3. The molecule has 0 spiro atoms. The van der Waals surface area contributed by atoms with E-state index in [-0.39, 0.29) is 46.5 Å². The normalized spacial score (nSPS) is 27.1. The summed E-state index contributed by atoms with van der Waals surface area (Å²) in [5.74, 6) is -0.650. The maximum Gasteiger partial charge on any atom is 0.247 e. The number of benzene rings is 1. The van der Waals surface area contributed by atoms with E-state index in [9.17, 15) is 25.3 Å². The van der Waals surface area contributed by atoms with Gasteiger partial charge in [-0.2, -0.15) is 4.31 Å². The first-order valence-corrected chi connectivity index (χ1v) is 13.6. The first-order valence-electron chi connectivity index (χ1n) is 8.54. The third-order valence-electron chi connectivity index (χ3n) is 5.01. The molecule has 152 valence electrons. The Hall–Kier alpha value is -1.17. The number of methoxy groups -OCH3 is 1. The molecule has 2 aliphatic rings. The zero-order valence-electron chi connectivity index (χ0n) is 15.2. The highest BCUT2D eigenvalue weighted by Crippen LogP contribution is 2.35. The molecule has 0 unspecified atom stereocenters. The molecule has 8 nitrogen and oxygen atoms in total. The Balaban J connectivity index is 2.11. The van der Waals surface area contributed by atoms with Gasteiger partial charge in [-0.25, -0.2) is 25.3 Å². The Bertz CT molecular complexity index is 1000. The molecular weight excluding hydrogens is 414 g/mol. The number of hydrogen-bond acceptors (Lipinski definition) is 7. The fourth-order valence-corrected chi connectivity index (χ4v) is 9.47. The van der Waals surface area contributed by atoms with E-state index in [0.29, 0.717) is 5.56 Å². The van der Waals surface area contributed by atoms with Crippen LogP contribution >= 0.6 is 0 Å². The summed E-state index contributed by atoms with van der Waals surface area (Å²) in [4.78, 5) is -0.0707. The van der Waals surface area contributed by atoms with Crippen molar-refractivity contribution in [2.45, 2.75) is 36.7 Å². The molecule has 0 N–H and O–H groups in total. The van der Waals surface area contributed by atoms with Crippen LogP contribution in [0.15, 0.2) is 23.1 Å². The minimum atomic E-state index is -4.15. The Morgan fingerprint density at radius 1 is 1.00 bits per heavy atom. The molecule has 0 aromatic heterocycles. The summed E-state index contributed by atoms with van der Waals surface area (Å²) < 4.78 is 81.2. The van der Waals surface area contributed by atoms with Crippen molar-refractivity contribution in [1.29, 1.82) is 0 Å². The number of aryl methyl sites for hydroxylation is 1. The van der Waals surface area contributed by atoms with Gasteiger partial charge in [-0.15, -0.1) is 0 Å². The van der Waals surface area contributed by atoms with Crippen molar-refractivity contribution in [3.8, 4) is 5.75 Å². The number of hydrogen-bond donors (Lipinski definition) is 0. The smallest absolute Gasteiger partial charge is 0.247 e. The molecule has 0 saturated carbocycles. The molecule has 1 aromatic carbocycles. The van der Waals surface area contributed by atoms with Crippen LogP contribution in [0.2, 0.25) is 0 Å². The predicted molar refractivity (Wildman–Crippen MR) is 101 cm³/mol. The molecule has 11 heteroatoms. The van der Waals surface area contributed by atoms with Gasteiger partial charge in [0.15, 0.2) is 19.7 Å². The lowest BCUT2D eigenvalue weighted by Gasteiger charge is -2.32. The fraction of sp³-hybridized carbons (Fsp3) is 0.625. The minimum Gasteiger partial charge on any atom is -0.495 e. The van der Waals surface area contributed by atoms with Gasteiger partial charge in [0.2, 0.25) is 10.0 Å². The SMILES string of the molecule is COc1ccc(C)cc1S(=O)(=O)N([C@@H]1CCS(=O)(=O)C1)[C@H]1CCS(=O)(=O)C1. The molecule has 0 bridgehead atoms. The molecule has 27 heavy (non-hydrogen) atoms. The van der Waals surface area contributed by atoms with Crippen molar-refractivity contribution in [1.82, 2.24) is 4.31 Å². The number of nitrogens with zero attached hydrogens (tertiary/aromatic N) is 1. The third-order valence-corrected chi connectivity index (χ3v) is 10.5. The molecule has 2 saturated heterocycles. The maximum absolute atomic E-state index is 13.5. The zero-order valence-corrected chi connectivity index (χ0v) is 17.6. The van der Waals surface area contributed by atoms with Crippen molar-refractivity contribution in [2.24, 2.45) is 0 Å². The average molecular weight is 438 g/mol. The van der Waals surface area contributed by atoms with E-state index in [4.69, 9.17) is 4.74 Å². The Morgan fingerprint density at radius 2 is 1.52 bits per heavy atom. The molecule has 2 fully saturated rings. The summed E-state index contributed by atoms with van der Waals surface area (Å²) in [6, 6.07) is 3.17. The van der Waals surface area contributed by atoms with Gasteiger partial charge in [-0.05, 0) is 37.5 Å². The van der Waals surface area contributed by atoms with Gasteiger partial charge in [-0.1, -0.05) is 6.07 Å². The second-order valence-electron chi connectivity index (χ2n) is 7.10. The summed E-state index contributed by atoms with van der Waals surface area (Å²) in [5.41, 5.74) is 0.701. The topological polar surface area (TPSA) is 115 Å². The van der Waals surface area contributed by atoms with Gasteiger partial charge in [0.05, 0.1) is 30.1 Å². The van der Waals surface area contributed by atoms with Gasteiger partial charge < -0.3 is 4.74 Å². The van der Waals surface area contributed by atoms with Crippen LogP contribution in [0, 0.1) is 6.92 Å². The summed E-state index contributed by atoms with van der Waals surface area (Å²) in [6.45, 7) is 1.74. The van der Waals surface area contributed by atoms with Crippen molar-refractivity contribution in [3.05, 3.63) is 23.8 Å². The lowest BCUT2D eigenvalue weighted by atomic mass is 10.2. The first-order chi connectivity index (χ1) is 12.5. The minimum absolute atomic E-state index is 0.0707. The van der Waals surface area contributed by atoms with Crippen LogP contribution < -0.4 is 4.74 Å². The van der Waals surface area contributed by atoms with Gasteiger partial charge in [-0.3, -0.25) is 0 Å². The van der Waals surface area contributed by atoms with E-state index in [1.165, 1.54) is 19.2 Å². The number of ether oxygens (including phenoxy) is 1. The molecule has 2 aliphatic heterocycles. The molecule has 2 atom stereocenters. The first kappa shape index (κ1) is 20.6. The summed E-state index contributed by atoms with van der Waals surface area (Å²) in [6.07, 6.45) is 0.318. The fourth-order valence-electron chi connectivity index (χ4n) is 3.74. The van der Waals surface area contributed by atoms with Crippen LogP contribution in [0.3, 0.4) is 0 Å². The molecule has 0 radical (unpaired) electrons. The summed E-state index contributed by atoms with van der Waals surface area (Å²) in [7, 11) is -9.50. The van der Waals surface area contributed by atoms with Crippen molar-refractivity contribution in [3.63, 3.8) is 0 Å². The quantitative estimate of drug-likeness (QED) is 0.653. The van der Waals surface area contributed by atoms with E-state index in [0.717, 1.165) is 4.31 Å². The Labute approximate surface area is 160 Å². The highest BCUT2D eigenvalue weighted by Gasteiger charge is 2.46. The van der Waals surface area contributed by atoms with Crippen LogP contribution in [0.4, 0.5) is 0 Å². The number of rotatable bonds is 5. The van der Waals surface area contributed by atoms with Crippen LogP contribution in [0.25, 0.3) is 0 Å². The predicted octanol–water partition coefficient (Wildman–Crippen LogP) is 0.369. The van der Waals surface area contributed by atoms with E-state index in [1.807, 2.05) is 0 Å². The Kier molecular flexibility index (Phi) is 5.34. The van der Waals surface area contributed by atoms with Gasteiger partial charge in [0.1, 0.15) is 10.6 Å². The summed E-state index contributed by atoms with van der Waals surface area (Å²) in [5, 5.41) is 0. The maximum atomic E-state index is 13.5. The molecule has 3 rings (SSSR count). The Morgan fingerprint density at radius 3 is 1.93 bits per heavy atom. The van der Waals surface area contributed by atoms with Gasteiger partial charge >= 0.3 is 0 Å². The standard InChI is InChI=1S/C16H23NO7S3/c1-12-3-4-15(24-2)16(9-12)27(22,23)17(13-5-7-25(18,19)10-13)14-6-8-26(20,21)11-14/h3-4,9,13-14H,5-8,10-11H2,1-2H3/t13-,14+. The molecule has 0 aliphatic carbocycles. The monoisotopic (exact) mass is 437 g/mol. The van der Waals surface area contributed by atoms with Gasteiger partial charge in [0.25, 0.3) is 0 Å². The van der Waals surface area contributed by atoms with Gasteiger partial charge in [0, 0.05) is 12.1 Å². The lowest BCUT2D eigenvalue weighted by Crippen LogP contribution is -2.48. The number of sulfone groups is 2. The highest BCUT2D eigenvalue weighted by molar-refractivity contribution is 7.92. The van der Waals surface area contributed by atoms with E-state index in [1.54, 1.807) is 13.0 Å². The molecule has 0 amide bonds. The van der Waals surface area contributed by atoms with Crippen LogP contribution in [-0.2, 0) is 29.7 Å². The average Bonchev–Trinajstić information content (AvgIpc) is 3.09. The third kappa shape index (κ3) is 4.15. The van der Waals surface area contributed by atoms with E-state index in [2.05, 4.69) is 0 Å². The zero-order chi connectivity index (χ0) is 20.0. The lowest BCUT2D eigenvalue weighted by molar-refractivity contribution is 0.279. The second kappa shape index (κ2) is 7.02. The molecule has 2 heterocycles.